The predicted molar refractivity (Wildman–Crippen MR) is 128 cm³/mol. The van der Waals surface area contributed by atoms with Crippen molar-refractivity contribution in [1.82, 2.24) is 10.6 Å². The van der Waals surface area contributed by atoms with Gasteiger partial charge in [0.05, 0.1) is 10.0 Å². The maximum atomic E-state index is 12.9. The Morgan fingerprint density at radius 3 is 2.15 bits per heavy atom. The van der Waals surface area contributed by atoms with E-state index in [0.29, 0.717) is 16.5 Å². The van der Waals surface area contributed by atoms with Crippen LogP contribution in [-0.4, -0.2) is 35.6 Å². The molecule has 0 aliphatic heterocycles. The number of ketones is 1. The van der Waals surface area contributed by atoms with Crippen molar-refractivity contribution in [2.75, 3.05) is 0 Å². The first-order valence-corrected chi connectivity index (χ1v) is 11.2. The summed E-state index contributed by atoms with van der Waals surface area (Å²) in [6.45, 7) is 3.54. The van der Waals surface area contributed by atoms with Crippen LogP contribution >= 0.6 is 23.2 Å². The standard InChI is InChI=1S/C24H27Cl2N3O4/c1-14(2)21(29-20(30)11-9-16-8-10-17(25)18(26)12-16)24(33)28-19(22(31)23(27)32)13-15-6-4-3-5-7-15/h3-8,10,12,14,19,21H,9,11,13H2,1-2H3,(H2,27,32)(H,28,33)(H,29,30)/t19?,21-/m0/s1. The second-order valence-electron chi connectivity index (χ2n) is 8.02. The van der Waals surface area contributed by atoms with E-state index in [1.165, 1.54) is 0 Å². The van der Waals surface area contributed by atoms with Gasteiger partial charge in [-0.1, -0.05) is 73.4 Å². The van der Waals surface area contributed by atoms with Gasteiger partial charge < -0.3 is 16.4 Å². The van der Waals surface area contributed by atoms with Crippen molar-refractivity contribution < 1.29 is 19.2 Å². The number of nitrogens with two attached hydrogens (primary N) is 1. The average molecular weight is 492 g/mol. The highest BCUT2D eigenvalue weighted by atomic mass is 35.5. The van der Waals surface area contributed by atoms with Crippen LogP contribution in [0.1, 0.15) is 31.4 Å². The van der Waals surface area contributed by atoms with Gasteiger partial charge in [0.15, 0.2) is 0 Å². The quantitative estimate of drug-likeness (QED) is 0.418. The molecule has 0 saturated carbocycles. The molecule has 0 aromatic heterocycles. The summed E-state index contributed by atoms with van der Waals surface area (Å²) >= 11 is 11.9. The molecule has 1 unspecified atom stereocenters. The second-order valence-corrected chi connectivity index (χ2v) is 8.83. The zero-order valence-corrected chi connectivity index (χ0v) is 20.0. The minimum absolute atomic E-state index is 0.102. The third-order valence-electron chi connectivity index (χ3n) is 5.05. The monoisotopic (exact) mass is 491 g/mol. The number of carbonyl (C=O) groups excluding carboxylic acids is 4. The SMILES string of the molecule is CC(C)[C@H](NC(=O)CCc1ccc(Cl)c(Cl)c1)C(=O)NC(Cc1ccccc1)C(=O)C(N)=O. The van der Waals surface area contributed by atoms with Crippen molar-refractivity contribution in [2.24, 2.45) is 11.7 Å². The summed E-state index contributed by atoms with van der Waals surface area (Å²) in [5.41, 5.74) is 6.76. The van der Waals surface area contributed by atoms with E-state index < -0.39 is 29.7 Å². The van der Waals surface area contributed by atoms with Crippen LogP contribution in [0.15, 0.2) is 48.5 Å². The fraction of sp³-hybridized carbons (Fsp3) is 0.333. The lowest BCUT2D eigenvalue weighted by Gasteiger charge is -2.25. The Balaban J connectivity index is 2.04. The molecular weight excluding hydrogens is 465 g/mol. The molecule has 0 aliphatic carbocycles. The van der Waals surface area contributed by atoms with Crippen molar-refractivity contribution in [3.05, 3.63) is 69.7 Å². The second kappa shape index (κ2) is 12.4. The summed E-state index contributed by atoms with van der Waals surface area (Å²) in [7, 11) is 0. The van der Waals surface area contributed by atoms with E-state index in [1.807, 2.05) is 6.07 Å². The minimum atomic E-state index is -1.14. The zero-order chi connectivity index (χ0) is 24.5. The summed E-state index contributed by atoms with van der Waals surface area (Å²) in [6.07, 6.45) is 0.637. The normalized spacial score (nSPS) is 12.6. The maximum absolute atomic E-state index is 12.9. The highest BCUT2D eigenvalue weighted by Crippen LogP contribution is 2.23. The smallest absolute Gasteiger partial charge is 0.287 e. The fourth-order valence-electron chi connectivity index (χ4n) is 3.23. The number of hydrogen-bond donors (Lipinski definition) is 3. The van der Waals surface area contributed by atoms with Gasteiger partial charge in [-0.25, -0.2) is 0 Å². The maximum Gasteiger partial charge on any atom is 0.287 e. The van der Waals surface area contributed by atoms with E-state index in [2.05, 4.69) is 10.6 Å². The Bertz CT molecular complexity index is 1010. The number of benzene rings is 2. The number of hydrogen-bond acceptors (Lipinski definition) is 4. The van der Waals surface area contributed by atoms with Gasteiger partial charge in [-0.2, -0.15) is 0 Å². The van der Waals surface area contributed by atoms with Gasteiger partial charge in [-0.05, 0) is 35.6 Å². The molecule has 0 radical (unpaired) electrons. The fourth-order valence-corrected chi connectivity index (χ4v) is 3.55. The van der Waals surface area contributed by atoms with Crippen LogP contribution in [-0.2, 0) is 32.0 Å². The van der Waals surface area contributed by atoms with Crippen LogP contribution in [0.25, 0.3) is 0 Å². The molecule has 2 aromatic carbocycles. The highest BCUT2D eigenvalue weighted by Gasteiger charge is 2.30. The molecule has 2 atom stereocenters. The number of Topliss-reactive ketones (excluding diaryl/α,β-unsaturated/α-hetero) is 1. The van der Waals surface area contributed by atoms with Crippen LogP contribution < -0.4 is 16.4 Å². The number of amides is 3. The summed E-state index contributed by atoms with van der Waals surface area (Å²) < 4.78 is 0. The van der Waals surface area contributed by atoms with Crippen LogP contribution in [0.4, 0.5) is 0 Å². The van der Waals surface area contributed by atoms with E-state index in [1.54, 1.807) is 56.3 Å². The lowest BCUT2D eigenvalue weighted by molar-refractivity contribution is -0.139. The first-order valence-electron chi connectivity index (χ1n) is 10.5. The van der Waals surface area contributed by atoms with E-state index in [4.69, 9.17) is 28.9 Å². The first-order chi connectivity index (χ1) is 15.6. The van der Waals surface area contributed by atoms with Gasteiger partial charge >= 0.3 is 0 Å². The molecule has 7 nitrogen and oxygen atoms in total. The van der Waals surface area contributed by atoms with Gasteiger partial charge in [0, 0.05) is 12.8 Å². The summed E-state index contributed by atoms with van der Waals surface area (Å²) in [5.74, 6) is -3.21. The summed E-state index contributed by atoms with van der Waals surface area (Å²) in [5, 5.41) is 6.13. The molecular formula is C24H27Cl2N3O4. The number of aryl methyl sites for hydroxylation is 1. The van der Waals surface area contributed by atoms with E-state index in [0.717, 1.165) is 11.1 Å². The molecule has 0 spiro atoms. The molecule has 3 amide bonds. The molecule has 0 aliphatic rings. The van der Waals surface area contributed by atoms with Crippen LogP contribution in [0, 0.1) is 5.92 Å². The Hall–Kier alpha value is -2.90. The lowest BCUT2D eigenvalue weighted by atomic mass is 9.99. The molecule has 2 aromatic rings. The summed E-state index contributed by atoms with van der Waals surface area (Å²) in [4.78, 5) is 49.3. The van der Waals surface area contributed by atoms with E-state index >= 15 is 0 Å². The van der Waals surface area contributed by atoms with Crippen molar-refractivity contribution >= 4 is 46.7 Å². The van der Waals surface area contributed by atoms with Crippen molar-refractivity contribution in [3.63, 3.8) is 0 Å². The largest absolute Gasteiger partial charge is 0.363 e. The molecule has 33 heavy (non-hydrogen) atoms. The van der Waals surface area contributed by atoms with Crippen molar-refractivity contribution in [3.8, 4) is 0 Å². The molecule has 2 rings (SSSR count). The molecule has 176 valence electrons. The van der Waals surface area contributed by atoms with Gasteiger partial charge in [0.1, 0.15) is 12.1 Å². The third kappa shape index (κ3) is 8.18. The number of primary amides is 1. The molecule has 9 heteroatoms. The number of nitrogens with one attached hydrogen (secondary N) is 2. The molecule has 0 fully saturated rings. The van der Waals surface area contributed by atoms with Gasteiger partial charge in [-0.3, -0.25) is 19.2 Å². The highest BCUT2D eigenvalue weighted by molar-refractivity contribution is 6.42. The Labute approximate surface area is 203 Å². The van der Waals surface area contributed by atoms with Crippen molar-refractivity contribution in [1.29, 1.82) is 0 Å². The topological polar surface area (TPSA) is 118 Å². The van der Waals surface area contributed by atoms with Crippen LogP contribution in [0.5, 0.6) is 0 Å². The molecule has 0 saturated heterocycles. The van der Waals surface area contributed by atoms with E-state index in [9.17, 15) is 19.2 Å². The molecule has 0 bridgehead atoms. The lowest BCUT2D eigenvalue weighted by Crippen LogP contribution is -2.55. The third-order valence-corrected chi connectivity index (χ3v) is 5.79. The van der Waals surface area contributed by atoms with Crippen LogP contribution in [0.2, 0.25) is 10.0 Å². The Morgan fingerprint density at radius 2 is 1.58 bits per heavy atom. The summed E-state index contributed by atoms with van der Waals surface area (Å²) in [6, 6.07) is 12.0. The van der Waals surface area contributed by atoms with Gasteiger partial charge in [0.2, 0.25) is 17.6 Å². The molecule has 4 N–H and O–H groups in total. The minimum Gasteiger partial charge on any atom is -0.363 e. The molecule has 0 heterocycles. The Kier molecular flexibility index (Phi) is 9.88. The van der Waals surface area contributed by atoms with Crippen LogP contribution in [0.3, 0.4) is 0 Å². The van der Waals surface area contributed by atoms with Crippen molar-refractivity contribution in [2.45, 2.75) is 45.2 Å². The predicted octanol–water partition coefficient (Wildman–Crippen LogP) is 2.85. The Morgan fingerprint density at radius 1 is 0.909 bits per heavy atom. The van der Waals surface area contributed by atoms with E-state index in [-0.39, 0.29) is 24.7 Å². The van der Waals surface area contributed by atoms with Gasteiger partial charge in [-0.15, -0.1) is 0 Å². The zero-order valence-electron chi connectivity index (χ0n) is 18.4. The van der Waals surface area contributed by atoms with Gasteiger partial charge in [0.25, 0.3) is 5.91 Å². The average Bonchev–Trinajstić information content (AvgIpc) is 2.77. The number of carbonyl (C=O) groups is 4. The number of rotatable bonds is 11. The first kappa shape index (κ1) is 26.4. The number of halogens is 2.